The summed E-state index contributed by atoms with van der Waals surface area (Å²) in [6, 6.07) is 7.77. The summed E-state index contributed by atoms with van der Waals surface area (Å²) in [7, 11) is 0. The molecule has 0 saturated carbocycles. The molecule has 1 nitrogen and oxygen atoms in total. The Morgan fingerprint density at radius 1 is 1.29 bits per heavy atom. The number of hydrogen-bond acceptors (Lipinski definition) is 2. The maximum absolute atomic E-state index is 5.51. The lowest BCUT2D eigenvalue weighted by atomic mass is 10.2. The molecule has 1 aromatic rings. The molecule has 0 aliphatic rings. The van der Waals surface area contributed by atoms with Crippen LogP contribution in [0.15, 0.2) is 24.3 Å². The van der Waals surface area contributed by atoms with E-state index >= 15 is 0 Å². The van der Waals surface area contributed by atoms with Crippen molar-refractivity contribution >= 4 is 12.6 Å². The molecule has 0 fully saturated rings. The Morgan fingerprint density at radius 3 is 2.43 bits per heavy atom. The third kappa shape index (κ3) is 3.76. The van der Waals surface area contributed by atoms with Crippen molar-refractivity contribution in [2.75, 3.05) is 5.75 Å². The summed E-state index contributed by atoms with van der Waals surface area (Å²) in [6.45, 7) is 4.02. The first kappa shape index (κ1) is 11.0. The van der Waals surface area contributed by atoms with Gasteiger partial charge in [0.25, 0.3) is 0 Å². The normalized spacial score (nSPS) is 9.43. The molecule has 0 spiro atoms. The first-order valence-electron chi connectivity index (χ1n) is 4.59. The monoisotopic (exact) mass is 206 g/mol. The molecule has 1 rings (SSSR count). The zero-order valence-electron chi connectivity index (χ0n) is 8.45. The molecule has 0 unspecified atom stereocenters. The van der Waals surface area contributed by atoms with E-state index in [-0.39, 0.29) is 6.10 Å². The van der Waals surface area contributed by atoms with Crippen molar-refractivity contribution in [1.29, 1.82) is 0 Å². The molecule has 0 aliphatic heterocycles. The van der Waals surface area contributed by atoms with Crippen LogP contribution in [0.4, 0.5) is 0 Å². The van der Waals surface area contributed by atoms with Gasteiger partial charge in [0.15, 0.2) is 0 Å². The lowest BCUT2D eigenvalue weighted by Crippen LogP contribution is -2.05. The van der Waals surface area contributed by atoms with Crippen LogP contribution in [-0.2, 0) is 0 Å². The van der Waals surface area contributed by atoms with E-state index in [0.29, 0.717) is 5.75 Å². The largest absolute Gasteiger partial charge is 0.491 e. The number of rotatable bonds is 2. The summed E-state index contributed by atoms with van der Waals surface area (Å²) in [6.07, 6.45) is 0.212. The molecule has 0 saturated heterocycles. The molecule has 0 radical (unpaired) electrons. The van der Waals surface area contributed by atoms with Gasteiger partial charge in [0, 0.05) is 5.56 Å². The van der Waals surface area contributed by atoms with Crippen molar-refractivity contribution in [3.05, 3.63) is 29.8 Å². The fourth-order valence-electron chi connectivity index (χ4n) is 1.03. The molecule has 2 heteroatoms. The van der Waals surface area contributed by atoms with Crippen LogP contribution in [0.1, 0.15) is 19.4 Å². The Kier molecular flexibility index (Phi) is 4.42. The maximum Gasteiger partial charge on any atom is 0.119 e. The number of hydrogen-bond donors (Lipinski definition) is 1. The Bertz CT molecular complexity index is 330. The van der Waals surface area contributed by atoms with Crippen LogP contribution in [0.25, 0.3) is 0 Å². The molecule has 0 atom stereocenters. The summed E-state index contributed by atoms with van der Waals surface area (Å²) in [5.41, 5.74) is 0.996. The van der Waals surface area contributed by atoms with Gasteiger partial charge >= 0.3 is 0 Å². The molecule has 1 aromatic carbocycles. The van der Waals surface area contributed by atoms with Gasteiger partial charge in [-0.15, -0.1) is 0 Å². The third-order valence-electron chi connectivity index (χ3n) is 1.54. The minimum atomic E-state index is 0.212. The van der Waals surface area contributed by atoms with Crippen LogP contribution < -0.4 is 4.74 Å². The summed E-state index contributed by atoms with van der Waals surface area (Å²) >= 11 is 4.02. The molecule has 0 amide bonds. The minimum absolute atomic E-state index is 0.212. The second-order valence-corrected chi connectivity index (χ2v) is 3.47. The number of benzene rings is 1. The summed E-state index contributed by atoms with van der Waals surface area (Å²) in [5.74, 6) is 7.36. The predicted molar refractivity (Wildman–Crippen MR) is 62.9 cm³/mol. The van der Waals surface area contributed by atoms with Crippen LogP contribution in [0, 0.1) is 11.8 Å². The summed E-state index contributed by atoms with van der Waals surface area (Å²) in [4.78, 5) is 0. The Morgan fingerprint density at radius 2 is 1.93 bits per heavy atom. The van der Waals surface area contributed by atoms with Crippen molar-refractivity contribution in [2.45, 2.75) is 20.0 Å². The molecule has 14 heavy (non-hydrogen) atoms. The van der Waals surface area contributed by atoms with Crippen LogP contribution >= 0.6 is 12.6 Å². The minimum Gasteiger partial charge on any atom is -0.491 e. The van der Waals surface area contributed by atoms with Gasteiger partial charge in [0.1, 0.15) is 5.75 Å². The lowest BCUT2D eigenvalue weighted by molar-refractivity contribution is 0.242. The fraction of sp³-hybridized carbons (Fsp3) is 0.333. The zero-order chi connectivity index (χ0) is 10.4. The van der Waals surface area contributed by atoms with E-state index < -0.39 is 0 Å². The highest BCUT2D eigenvalue weighted by Crippen LogP contribution is 2.12. The van der Waals surface area contributed by atoms with E-state index in [1.165, 1.54) is 0 Å². The second kappa shape index (κ2) is 5.62. The van der Waals surface area contributed by atoms with E-state index in [4.69, 9.17) is 4.74 Å². The zero-order valence-corrected chi connectivity index (χ0v) is 9.34. The van der Waals surface area contributed by atoms with Crippen molar-refractivity contribution in [2.24, 2.45) is 0 Å². The molecule has 0 heterocycles. The number of thiol groups is 1. The van der Waals surface area contributed by atoms with Crippen molar-refractivity contribution in [3.8, 4) is 17.6 Å². The molecule has 74 valence electrons. The van der Waals surface area contributed by atoms with E-state index in [1.54, 1.807) is 0 Å². The predicted octanol–water partition coefficient (Wildman–Crippen LogP) is 2.76. The lowest BCUT2D eigenvalue weighted by Gasteiger charge is -2.08. The molecule has 0 N–H and O–H groups in total. The molecule has 0 aliphatic carbocycles. The number of ether oxygens (including phenoxy) is 1. The molecular weight excluding hydrogens is 192 g/mol. The molecular formula is C12H14OS. The van der Waals surface area contributed by atoms with Gasteiger partial charge in [0.2, 0.25) is 0 Å². The smallest absolute Gasteiger partial charge is 0.119 e. The van der Waals surface area contributed by atoms with E-state index in [9.17, 15) is 0 Å². The second-order valence-electron chi connectivity index (χ2n) is 3.15. The highest BCUT2D eigenvalue weighted by molar-refractivity contribution is 7.80. The van der Waals surface area contributed by atoms with E-state index in [2.05, 4.69) is 24.5 Å². The van der Waals surface area contributed by atoms with E-state index in [0.717, 1.165) is 11.3 Å². The van der Waals surface area contributed by atoms with Crippen LogP contribution in [0.5, 0.6) is 5.75 Å². The highest BCUT2D eigenvalue weighted by atomic mass is 32.1. The topological polar surface area (TPSA) is 9.23 Å². The first-order chi connectivity index (χ1) is 6.72. The summed E-state index contributed by atoms with van der Waals surface area (Å²) in [5, 5.41) is 0. The Labute approximate surface area is 90.9 Å². The first-order valence-corrected chi connectivity index (χ1v) is 5.22. The van der Waals surface area contributed by atoms with Gasteiger partial charge in [-0.2, -0.15) is 12.6 Å². The molecule has 0 bridgehead atoms. The van der Waals surface area contributed by atoms with E-state index in [1.807, 2.05) is 38.1 Å². The maximum atomic E-state index is 5.51. The average molecular weight is 206 g/mol. The fourth-order valence-corrected chi connectivity index (χ4v) is 1.11. The van der Waals surface area contributed by atoms with Crippen molar-refractivity contribution < 1.29 is 4.74 Å². The van der Waals surface area contributed by atoms with Gasteiger partial charge in [-0.3, -0.25) is 0 Å². The summed E-state index contributed by atoms with van der Waals surface area (Å²) < 4.78 is 5.51. The third-order valence-corrected chi connectivity index (χ3v) is 1.70. The van der Waals surface area contributed by atoms with Gasteiger partial charge in [-0.05, 0) is 38.1 Å². The van der Waals surface area contributed by atoms with Crippen LogP contribution in [0.2, 0.25) is 0 Å². The standard InChI is InChI=1S/C12H14OS/c1-10(2)13-12-7-5-11(6-8-12)4-3-9-14/h5-8,10,14H,9H2,1-2H3. The Hall–Kier alpha value is -1.07. The molecule has 0 aromatic heterocycles. The van der Waals surface area contributed by atoms with Gasteiger partial charge < -0.3 is 4.74 Å². The van der Waals surface area contributed by atoms with Crippen LogP contribution in [0.3, 0.4) is 0 Å². The average Bonchev–Trinajstić information content (AvgIpc) is 2.16. The Balaban J connectivity index is 2.68. The van der Waals surface area contributed by atoms with Gasteiger partial charge in [-0.1, -0.05) is 11.8 Å². The quantitative estimate of drug-likeness (QED) is 0.578. The van der Waals surface area contributed by atoms with Gasteiger partial charge in [0.05, 0.1) is 11.9 Å². The SMILES string of the molecule is CC(C)Oc1ccc(C#CCS)cc1. The van der Waals surface area contributed by atoms with Crippen molar-refractivity contribution in [3.63, 3.8) is 0 Å². The van der Waals surface area contributed by atoms with Crippen molar-refractivity contribution in [1.82, 2.24) is 0 Å². The highest BCUT2D eigenvalue weighted by Gasteiger charge is 1.95. The van der Waals surface area contributed by atoms with Crippen LogP contribution in [-0.4, -0.2) is 11.9 Å². The van der Waals surface area contributed by atoms with Gasteiger partial charge in [-0.25, -0.2) is 0 Å².